The maximum absolute atomic E-state index is 11.9. The highest BCUT2D eigenvalue weighted by Crippen LogP contribution is 2.44. The van der Waals surface area contributed by atoms with Crippen LogP contribution in [0.2, 0.25) is 0 Å². The SMILES string of the molecule is FC(F)=C1OC(C(F)(F)F)=C(C(F)(F)F)O1. The first-order valence-corrected chi connectivity index (χ1v) is 3.33. The van der Waals surface area contributed by atoms with E-state index < -0.39 is 35.9 Å². The molecule has 0 aromatic heterocycles. The minimum atomic E-state index is -5.58. The molecular weight excluding hydrogens is 256 g/mol. The number of rotatable bonds is 0. The summed E-state index contributed by atoms with van der Waals surface area (Å²) in [6.07, 6.45) is -14.1. The molecule has 0 saturated carbocycles. The Morgan fingerprint density at radius 2 is 1.06 bits per heavy atom. The third kappa shape index (κ3) is 2.36. The maximum atomic E-state index is 11.9. The average molecular weight is 256 g/mol. The van der Waals surface area contributed by atoms with Gasteiger partial charge in [0.1, 0.15) is 0 Å². The summed E-state index contributed by atoms with van der Waals surface area (Å²) in [7, 11) is 0. The molecule has 0 aromatic carbocycles. The van der Waals surface area contributed by atoms with E-state index in [1.54, 1.807) is 0 Å². The summed E-state index contributed by atoms with van der Waals surface area (Å²) in [6, 6.07) is 0. The van der Waals surface area contributed by atoms with Gasteiger partial charge in [-0.2, -0.15) is 35.1 Å². The third-order valence-corrected chi connectivity index (χ3v) is 1.26. The Bertz CT molecular complexity index is 328. The minimum absolute atomic E-state index is 2.13. The molecule has 10 heteroatoms. The lowest BCUT2D eigenvalue weighted by Gasteiger charge is -2.08. The Labute approximate surface area is 81.7 Å². The van der Waals surface area contributed by atoms with Crippen molar-refractivity contribution in [1.29, 1.82) is 0 Å². The highest BCUT2D eigenvalue weighted by atomic mass is 19.4. The van der Waals surface area contributed by atoms with Crippen LogP contribution >= 0.6 is 0 Å². The number of hydrogen-bond acceptors (Lipinski definition) is 2. The van der Waals surface area contributed by atoms with E-state index in [1.165, 1.54) is 0 Å². The Morgan fingerprint density at radius 1 is 0.750 bits per heavy atom. The summed E-state index contributed by atoms with van der Waals surface area (Å²) < 4.78 is 102. The quantitative estimate of drug-likeness (QED) is 0.618. The Morgan fingerprint density at radius 3 is 1.25 bits per heavy atom. The molecule has 0 N–H and O–H groups in total. The van der Waals surface area contributed by atoms with Gasteiger partial charge in [0.2, 0.25) is 0 Å². The molecule has 1 aliphatic heterocycles. The molecule has 0 bridgehead atoms. The van der Waals surface area contributed by atoms with Crippen molar-refractivity contribution in [3.8, 4) is 0 Å². The van der Waals surface area contributed by atoms with Crippen LogP contribution in [-0.4, -0.2) is 12.4 Å². The topological polar surface area (TPSA) is 18.5 Å². The van der Waals surface area contributed by atoms with Crippen molar-refractivity contribution in [1.82, 2.24) is 0 Å². The summed E-state index contributed by atoms with van der Waals surface area (Å²) in [5.74, 6) is -7.43. The van der Waals surface area contributed by atoms with Gasteiger partial charge in [-0.1, -0.05) is 0 Å². The molecule has 1 rings (SSSR count). The van der Waals surface area contributed by atoms with Crippen LogP contribution in [0.1, 0.15) is 0 Å². The van der Waals surface area contributed by atoms with E-state index in [1.807, 2.05) is 0 Å². The van der Waals surface area contributed by atoms with Crippen molar-refractivity contribution in [2.24, 2.45) is 0 Å². The standard InChI is InChI=1S/C6F8O2/c7-3(8)4-15-1(5(9,10)11)2(16-4)6(12,13)14. The summed E-state index contributed by atoms with van der Waals surface area (Å²) >= 11 is 0. The van der Waals surface area contributed by atoms with E-state index in [4.69, 9.17) is 0 Å². The molecule has 0 atom stereocenters. The highest BCUT2D eigenvalue weighted by molar-refractivity contribution is 5.20. The van der Waals surface area contributed by atoms with Crippen LogP contribution in [-0.2, 0) is 9.47 Å². The molecule has 0 radical (unpaired) electrons. The monoisotopic (exact) mass is 256 g/mol. The second-order valence-corrected chi connectivity index (χ2v) is 2.41. The molecule has 1 aliphatic rings. The molecular formula is C6F8O2. The largest absolute Gasteiger partial charge is 0.453 e. The lowest BCUT2D eigenvalue weighted by atomic mass is 10.4. The Hall–Kier alpha value is -1.48. The first kappa shape index (κ1) is 12.6. The molecule has 0 fully saturated rings. The molecule has 0 saturated heterocycles. The van der Waals surface area contributed by atoms with Crippen LogP contribution in [0.15, 0.2) is 23.5 Å². The summed E-state index contributed by atoms with van der Waals surface area (Å²) in [6.45, 7) is 0. The van der Waals surface area contributed by atoms with Gasteiger partial charge in [-0.15, -0.1) is 0 Å². The fourth-order valence-electron chi connectivity index (χ4n) is 0.749. The van der Waals surface area contributed by atoms with E-state index in [2.05, 4.69) is 9.47 Å². The van der Waals surface area contributed by atoms with Gasteiger partial charge in [-0.3, -0.25) is 0 Å². The molecule has 0 amide bonds. The van der Waals surface area contributed by atoms with Crippen molar-refractivity contribution in [2.75, 3.05) is 0 Å². The van der Waals surface area contributed by atoms with Gasteiger partial charge in [0, 0.05) is 0 Å². The molecule has 1 heterocycles. The summed E-state index contributed by atoms with van der Waals surface area (Å²) in [5.41, 5.74) is 0. The number of allylic oxidation sites excluding steroid dienone is 2. The average Bonchev–Trinajstić information content (AvgIpc) is 2.44. The van der Waals surface area contributed by atoms with Gasteiger partial charge in [0.25, 0.3) is 11.5 Å². The number of ether oxygens (including phenoxy) is 2. The summed E-state index contributed by atoms with van der Waals surface area (Å²) in [5, 5.41) is 0. The number of hydrogen-bond donors (Lipinski definition) is 0. The predicted molar refractivity (Wildman–Crippen MR) is 30.5 cm³/mol. The zero-order valence-corrected chi connectivity index (χ0v) is 6.84. The predicted octanol–water partition coefficient (Wildman–Crippen LogP) is 3.43. The Balaban J connectivity index is 3.21. The van der Waals surface area contributed by atoms with Crippen LogP contribution in [0, 0.1) is 0 Å². The molecule has 16 heavy (non-hydrogen) atoms. The van der Waals surface area contributed by atoms with Gasteiger partial charge >= 0.3 is 24.4 Å². The Kier molecular flexibility index (Phi) is 2.77. The van der Waals surface area contributed by atoms with Crippen LogP contribution < -0.4 is 0 Å². The van der Waals surface area contributed by atoms with Gasteiger partial charge in [0.05, 0.1) is 0 Å². The van der Waals surface area contributed by atoms with Crippen molar-refractivity contribution >= 4 is 0 Å². The fourth-order valence-corrected chi connectivity index (χ4v) is 0.749. The minimum Gasteiger partial charge on any atom is -0.413 e. The van der Waals surface area contributed by atoms with E-state index in [-0.39, 0.29) is 0 Å². The van der Waals surface area contributed by atoms with E-state index in [9.17, 15) is 35.1 Å². The molecule has 92 valence electrons. The molecule has 0 aromatic rings. The van der Waals surface area contributed by atoms with E-state index >= 15 is 0 Å². The second kappa shape index (κ2) is 3.52. The van der Waals surface area contributed by atoms with Crippen LogP contribution in [0.5, 0.6) is 0 Å². The molecule has 0 aliphatic carbocycles. The first-order chi connectivity index (χ1) is 7.03. The molecule has 0 spiro atoms. The van der Waals surface area contributed by atoms with Gasteiger partial charge in [0.15, 0.2) is 0 Å². The van der Waals surface area contributed by atoms with Crippen molar-refractivity contribution in [3.63, 3.8) is 0 Å². The lowest BCUT2D eigenvalue weighted by molar-refractivity contribution is -0.140. The zero-order chi connectivity index (χ0) is 12.7. The van der Waals surface area contributed by atoms with Crippen molar-refractivity contribution < 1.29 is 44.6 Å². The second-order valence-electron chi connectivity index (χ2n) is 2.41. The highest BCUT2D eigenvalue weighted by Gasteiger charge is 2.54. The summed E-state index contributed by atoms with van der Waals surface area (Å²) in [4.78, 5) is 0. The van der Waals surface area contributed by atoms with Gasteiger partial charge in [-0.05, 0) is 0 Å². The first-order valence-electron chi connectivity index (χ1n) is 3.33. The fraction of sp³-hybridized carbons (Fsp3) is 0.333. The maximum Gasteiger partial charge on any atom is 0.453 e. The van der Waals surface area contributed by atoms with Crippen LogP contribution in [0.3, 0.4) is 0 Å². The lowest BCUT2D eigenvalue weighted by Crippen LogP contribution is -2.20. The zero-order valence-electron chi connectivity index (χ0n) is 6.84. The van der Waals surface area contributed by atoms with Gasteiger partial charge < -0.3 is 9.47 Å². The smallest absolute Gasteiger partial charge is 0.413 e. The third-order valence-electron chi connectivity index (χ3n) is 1.26. The molecule has 2 nitrogen and oxygen atoms in total. The van der Waals surface area contributed by atoms with E-state index in [0.717, 1.165) is 0 Å². The van der Waals surface area contributed by atoms with Gasteiger partial charge in [-0.25, -0.2) is 0 Å². The van der Waals surface area contributed by atoms with E-state index in [0.29, 0.717) is 0 Å². The number of alkyl halides is 6. The number of halogens is 8. The van der Waals surface area contributed by atoms with Crippen LogP contribution in [0.4, 0.5) is 35.1 Å². The normalized spacial score (nSPS) is 17.4. The van der Waals surface area contributed by atoms with Crippen molar-refractivity contribution in [3.05, 3.63) is 23.5 Å². The molecule has 0 unspecified atom stereocenters. The van der Waals surface area contributed by atoms with Crippen LogP contribution in [0.25, 0.3) is 0 Å². The van der Waals surface area contributed by atoms with Crippen molar-refractivity contribution in [2.45, 2.75) is 12.4 Å².